The van der Waals surface area contributed by atoms with Gasteiger partial charge in [-0.1, -0.05) is 273 Å². The average molecular weight is 857 g/mol. The van der Waals surface area contributed by atoms with Crippen LogP contribution in [0.2, 0.25) is 0 Å². The molecule has 1 rings (SSSR count). The van der Waals surface area contributed by atoms with Gasteiger partial charge in [-0.25, -0.2) is 0 Å². The normalized spacial score (nSPS) is 12.3. The van der Waals surface area contributed by atoms with Crippen molar-refractivity contribution in [1.82, 2.24) is 0 Å². The van der Waals surface area contributed by atoms with Gasteiger partial charge in [-0.05, 0) is 46.8 Å². The highest BCUT2D eigenvalue weighted by molar-refractivity contribution is 5.70. The zero-order valence-corrected chi connectivity index (χ0v) is 42.3. The molecule has 5 heteroatoms. The molecule has 0 saturated carbocycles. The number of hydrogen-bond acceptors (Lipinski definition) is 4. The molecule has 2 N–H and O–H groups in total. The van der Waals surface area contributed by atoms with Crippen molar-refractivity contribution in [2.45, 2.75) is 298 Å². The minimum Gasteiger partial charge on any atom is -0.507 e. The summed E-state index contributed by atoms with van der Waals surface area (Å²) in [6.07, 6.45) is 45.0. The lowest BCUT2D eigenvalue weighted by Crippen LogP contribution is -2.20. The first-order valence-corrected chi connectivity index (χ1v) is 26.4. The van der Waals surface area contributed by atoms with Crippen LogP contribution >= 0.6 is 0 Å². The van der Waals surface area contributed by atoms with Crippen molar-refractivity contribution in [3.8, 4) is 5.75 Å². The number of carboxylic acid groups (broad SMARTS) is 1. The number of carbonyl (C=O) groups is 2. The second kappa shape index (κ2) is 38.4. The molecular formula is C56H104O5. The molecule has 1 aromatic carbocycles. The lowest BCUT2D eigenvalue weighted by atomic mass is 9.77. The van der Waals surface area contributed by atoms with Crippen molar-refractivity contribution in [2.24, 2.45) is 5.92 Å². The molecule has 0 aliphatic heterocycles. The van der Waals surface area contributed by atoms with E-state index in [-0.39, 0.29) is 22.7 Å². The van der Waals surface area contributed by atoms with Gasteiger partial charge >= 0.3 is 11.9 Å². The molecule has 5 nitrogen and oxygen atoms in total. The standard InChI is InChI=1S/C35H62O3.C21H42O2/c1-8-9-10-11-12-13-14-15-16-17-18-19-20-21-22-23-24-29(33(37)38)25-28-26-30(34(2,3)4)32(36)31(27-28)35(5,6)7;1-3-5-6-7-8-9-10-11-12-13-14-15-16-17-18-19-20-23-21(22)4-2/h26-27,29,36H,8-25H2,1-7H3,(H,37,38);3-20H2,1-2H3. The van der Waals surface area contributed by atoms with Crippen molar-refractivity contribution < 1.29 is 24.5 Å². The molecule has 0 bridgehead atoms. The first-order chi connectivity index (χ1) is 29.2. The van der Waals surface area contributed by atoms with Crippen LogP contribution in [-0.4, -0.2) is 28.8 Å². The fourth-order valence-electron chi connectivity index (χ4n) is 8.43. The maximum atomic E-state index is 12.1. The second-order valence-electron chi connectivity index (χ2n) is 20.7. The van der Waals surface area contributed by atoms with E-state index in [1.54, 1.807) is 0 Å². The van der Waals surface area contributed by atoms with Gasteiger partial charge in [0.05, 0.1) is 12.5 Å². The molecule has 0 amide bonds. The van der Waals surface area contributed by atoms with Gasteiger partial charge in [0, 0.05) is 6.42 Å². The smallest absolute Gasteiger partial charge is 0.306 e. The van der Waals surface area contributed by atoms with Crippen LogP contribution in [0.15, 0.2) is 12.1 Å². The molecule has 0 aliphatic rings. The Bertz CT molecular complexity index is 1140. The molecule has 1 unspecified atom stereocenters. The Morgan fingerprint density at radius 1 is 0.492 bits per heavy atom. The number of esters is 1. The number of aliphatic carboxylic acids is 1. The van der Waals surface area contributed by atoms with E-state index < -0.39 is 5.97 Å². The van der Waals surface area contributed by atoms with Gasteiger partial charge in [0.15, 0.2) is 0 Å². The summed E-state index contributed by atoms with van der Waals surface area (Å²) in [5.74, 6) is -0.773. The van der Waals surface area contributed by atoms with E-state index in [1.165, 1.54) is 186 Å². The predicted octanol–water partition coefficient (Wildman–Crippen LogP) is 18.1. The minimum atomic E-state index is -0.700. The lowest BCUT2D eigenvalue weighted by Gasteiger charge is -2.28. The number of aromatic hydroxyl groups is 1. The summed E-state index contributed by atoms with van der Waals surface area (Å²) in [6.45, 7) is 19.6. The first kappa shape index (κ1) is 59.0. The maximum Gasteiger partial charge on any atom is 0.306 e. The predicted molar refractivity (Wildman–Crippen MR) is 265 cm³/mol. The SMILES string of the molecule is CCCCCCCCCCCCCCCCCCC(Cc1cc(C(C)(C)C)c(O)c(C(C)(C)C)c1)C(=O)O.CCCCCCCCCCCCCCCCCCOC(=O)CC. The van der Waals surface area contributed by atoms with Crippen LogP contribution in [-0.2, 0) is 31.6 Å². The number of carbonyl (C=O) groups excluding carboxylic acids is 1. The third-order valence-electron chi connectivity index (χ3n) is 12.6. The van der Waals surface area contributed by atoms with Gasteiger partial charge in [-0.15, -0.1) is 0 Å². The first-order valence-electron chi connectivity index (χ1n) is 26.4. The zero-order chi connectivity index (χ0) is 45.6. The molecule has 0 heterocycles. The van der Waals surface area contributed by atoms with Crippen molar-refractivity contribution in [3.63, 3.8) is 0 Å². The van der Waals surface area contributed by atoms with Crippen LogP contribution < -0.4 is 0 Å². The molecule has 1 atom stereocenters. The van der Waals surface area contributed by atoms with Crippen LogP contribution in [0.5, 0.6) is 5.75 Å². The molecule has 0 aromatic heterocycles. The highest BCUT2D eigenvalue weighted by Gasteiger charge is 2.28. The van der Waals surface area contributed by atoms with Crippen molar-refractivity contribution in [2.75, 3.05) is 6.61 Å². The molecule has 0 saturated heterocycles. The minimum absolute atomic E-state index is 0.0639. The molecule has 0 radical (unpaired) electrons. The van der Waals surface area contributed by atoms with E-state index in [9.17, 15) is 19.8 Å². The Balaban J connectivity index is 0.00000134. The molecule has 358 valence electrons. The summed E-state index contributed by atoms with van der Waals surface area (Å²) in [4.78, 5) is 23.0. The van der Waals surface area contributed by atoms with Gasteiger partial charge in [0.25, 0.3) is 0 Å². The van der Waals surface area contributed by atoms with Crippen molar-refractivity contribution in [3.05, 3.63) is 28.8 Å². The summed E-state index contributed by atoms with van der Waals surface area (Å²) in [6, 6.07) is 4.07. The zero-order valence-electron chi connectivity index (χ0n) is 42.3. The summed E-state index contributed by atoms with van der Waals surface area (Å²) in [7, 11) is 0. The number of ether oxygens (including phenoxy) is 1. The number of phenolic OH excluding ortho intramolecular Hbond substituents is 1. The van der Waals surface area contributed by atoms with E-state index in [0.717, 1.165) is 42.4 Å². The Morgan fingerprint density at radius 3 is 1.07 bits per heavy atom. The lowest BCUT2D eigenvalue weighted by molar-refractivity contribution is -0.143. The maximum absolute atomic E-state index is 12.1. The van der Waals surface area contributed by atoms with E-state index in [4.69, 9.17) is 4.74 Å². The van der Waals surface area contributed by atoms with Crippen molar-refractivity contribution in [1.29, 1.82) is 0 Å². The number of phenols is 1. The third-order valence-corrected chi connectivity index (χ3v) is 12.6. The van der Waals surface area contributed by atoms with Crippen LogP contribution in [0, 0.1) is 5.92 Å². The number of benzene rings is 1. The van der Waals surface area contributed by atoms with Crippen molar-refractivity contribution >= 4 is 11.9 Å². The van der Waals surface area contributed by atoms with Gasteiger partial charge < -0.3 is 14.9 Å². The van der Waals surface area contributed by atoms with Gasteiger partial charge in [0.2, 0.25) is 0 Å². The molecule has 0 fully saturated rings. The van der Waals surface area contributed by atoms with Gasteiger partial charge in [-0.2, -0.15) is 0 Å². The van der Waals surface area contributed by atoms with E-state index in [0.29, 0.717) is 25.2 Å². The fourth-order valence-corrected chi connectivity index (χ4v) is 8.43. The van der Waals surface area contributed by atoms with Crippen LogP contribution in [0.4, 0.5) is 0 Å². The van der Waals surface area contributed by atoms with Crippen LogP contribution in [0.25, 0.3) is 0 Å². The monoisotopic (exact) mass is 857 g/mol. The Labute approximate surface area is 380 Å². The largest absolute Gasteiger partial charge is 0.507 e. The molecular weight excluding hydrogens is 753 g/mol. The highest BCUT2D eigenvalue weighted by atomic mass is 16.5. The average Bonchev–Trinajstić information content (AvgIpc) is 3.21. The van der Waals surface area contributed by atoms with E-state index in [1.807, 2.05) is 19.1 Å². The Kier molecular flexibility index (Phi) is 37.1. The summed E-state index contributed by atoms with van der Waals surface area (Å²) in [5, 5.41) is 20.9. The summed E-state index contributed by atoms with van der Waals surface area (Å²) < 4.78 is 5.07. The van der Waals surface area contributed by atoms with E-state index in [2.05, 4.69) is 55.4 Å². The molecule has 61 heavy (non-hydrogen) atoms. The Hall–Kier alpha value is -2.04. The second-order valence-corrected chi connectivity index (χ2v) is 20.7. The molecule has 0 spiro atoms. The van der Waals surface area contributed by atoms with Crippen LogP contribution in [0.1, 0.15) is 297 Å². The fraction of sp³-hybridized carbons (Fsp3) is 0.857. The Morgan fingerprint density at radius 2 is 0.787 bits per heavy atom. The number of hydrogen-bond donors (Lipinski definition) is 2. The molecule has 0 aliphatic carbocycles. The van der Waals surface area contributed by atoms with Crippen LogP contribution in [0.3, 0.4) is 0 Å². The van der Waals surface area contributed by atoms with Gasteiger partial charge in [-0.3, -0.25) is 9.59 Å². The number of carboxylic acids is 1. The molecule has 1 aromatic rings. The number of rotatable bonds is 38. The third kappa shape index (κ3) is 34.1. The quantitative estimate of drug-likeness (QED) is 0.0511. The van der Waals surface area contributed by atoms with Gasteiger partial charge in [0.1, 0.15) is 5.75 Å². The van der Waals surface area contributed by atoms with E-state index >= 15 is 0 Å². The summed E-state index contributed by atoms with van der Waals surface area (Å²) >= 11 is 0. The topological polar surface area (TPSA) is 83.8 Å². The summed E-state index contributed by atoms with van der Waals surface area (Å²) in [5.41, 5.74) is 2.44. The highest BCUT2D eigenvalue weighted by Crippen LogP contribution is 2.40. The number of unbranched alkanes of at least 4 members (excludes halogenated alkanes) is 30.